The van der Waals surface area contributed by atoms with Gasteiger partial charge in [0.15, 0.2) is 5.43 Å². The van der Waals surface area contributed by atoms with Gasteiger partial charge in [0.05, 0.1) is 6.10 Å². The van der Waals surface area contributed by atoms with Crippen LogP contribution in [0.15, 0.2) is 21.3 Å². The lowest BCUT2D eigenvalue weighted by Crippen LogP contribution is -2.46. The number of benzene rings is 1. The van der Waals surface area contributed by atoms with Gasteiger partial charge in [-0.15, -0.1) is 0 Å². The number of phenolic OH excluding ortho intramolecular Hbond substituents is 1. The number of aliphatic hydroxyl groups is 2. The maximum atomic E-state index is 12.0. The Morgan fingerprint density at radius 2 is 2.10 bits per heavy atom. The largest absolute Gasteiger partial charge is 0.507 e. The highest BCUT2D eigenvalue weighted by Gasteiger charge is 2.37. The summed E-state index contributed by atoms with van der Waals surface area (Å²) < 4.78 is 11.1. The van der Waals surface area contributed by atoms with Crippen LogP contribution in [0.2, 0.25) is 0 Å². The molecule has 3 rings (SSSR count). The maximum Gasteiger partial charge on any atom is 0.196 e. The molecule has 6 heteroatoms. The van der Waals surface area contributed by atoms with E-state index < -0.39 is 23.7 Å². The van der Waals surface area contributed by atoms with Crippen molar-refractivity contribution in [1.29, 1.82) is 0 Å². The summed E-state index contributed by atoms with van der Waals surface area (Å²) in [5.41, 5.74) is -0.713. The number of ether oxygens (including phenoxy) is 1. The molecule has 0 radical (unpaired) electrons. The lowest BCUT2D eigenvalue weighted by atomic mass is 9.90. The van der Waals surface area contributed by atoms with Crippen LogP contribution in [0.5, 0.6) is 11.5 Å². The molecular weight excluding hydrogens is 276 g/mol. The maximum absolute atomic E-state index is 12.0. The fourth-order valence-corrected chi connectivity index (χ4v) is 2.53. The van der Waals surface area contributed by atoms with Gasteiger partial charge < -0.3 is 24.5 Å². The summed E-state index contributed by atoms with van der Waals surface area (Å²) in [5.74, 6) is 0.241. The lowest BCUT2D eigenvalue weighted by Gasteiger charge is -2.37. The summed E-state index contributed by atoms with van der Waals surface area (Å²) in [6.07, 6.45) is -0.609. The second kappa shape index (κ2) is 4.47. The van der Waals surface area contributed by atoms with Crippen LogP contribution in [0.3, 0.4) is 0 Å². The van der Waals surface area contributed by atoms with Gasteiger partial charge in [0.25, 0.3) is 0 Å². The van der Waals surface area contributed by atoms with Crippen LogP contribution >= 0.6 is 0 Å². The third-order valence-corrected chi connectivity index (χ3v) is 3.84. The highest BCUT2D eigenvalue weighted by Crippen LogP contribution is 2.41. The topological polar surface area (TPSA) is 100 Å². The van der Waals surface area contributed by atoms with E-state index >= 15 is 0 Å². The number of aliphatic hydroxyl groups excluding tert-OH is 2. The summed E-state index contributed by atoms with van der Waals surface area (Å²) in [5, 5.41) is 29.5. The Balaban J connectivity index is 2.31. The normalized spacial score (nSPS) is 20.1. The predicted octanol–water partition coefficient (Wildman–Crippen LogP) is 1.07. The number of rotatable bonds is 1. The predicted molar refractivity (Wildman–Crippen MR) is 74.5 cm³/mol. The SMILES string of the molecule is CC1(C)Oc2cc3oc(CO)cc(=O)c3c(O)c2CC1O. The van der Waals surface area contributed by atoms with Gasteiger partial charge in [0.1, 0.15) is 40.4 Å². The molecule has 0 amide bonds. The van der Waals surface area contributed by atoms with Crippen LogP contribution in [0.25, 0.3) is 11.0 Å². The molecule has 1 aromatic heterocycles. The Labute approximate surface area is 120 Å². The molecular formula is C15H16O6. The van der Waals surface area contributed by atoms with Crippen molar-refractivity contribution in [1.82, 2.24) is 0 Å². The van der Waals surface area contributed by atoms with Gasteiger partial charge in [-0.25, -0.2) is 0 Å². The summed E-state index contributed by atoms with van der Waals surface area (Å²) in [6, 6.07) is 2.65. The van der Waals surface area contributed by atoms with Crippen LogP contribution in [-0.4, -0.2) is 27.0 Å². The minimum absolute atomic E-state index is 0.0291. The molecule has 112 valence electrons. The third kappa shape index (κ3) is 2.07. The number of fused-ring (bicyclic) bond motifs is 2. The molecule has 1 aromatic carbocycles. The molecule has 0 fully saturated rings. The molecule has 1 atom stereocenters. The number of phenols is 1. The van der Waals surface area contributed by atoms with E-state index in [0.29, 0.717) is 11.3 Å². The standard InChI is InChI=1S/C15H16O6/c1-15(2)12(18)4-8-10(21-15)5-11-13(14(8)19)9(17)3-7(6-16)20-11/h3,5,12,16,18-19H,4,6H2,1-2H3. The van der Waals surface area contributed by atoms with Crippen molar-refractivity contribution in [3.05, 3.63) is 33.7 Å². The van der Waals surface area contributed by atoms with E-state index in [0.717, 1.165) is 6.07 Å². The first-order valence-corrected chi connectivity index (χ1v) is 6.63. The summed E-state index contributed by atoms with van der Waals surface area (Å²) in [6.45, 7) is 3.07. The van der Waals surface area contributed by atoms with E-state index in [-0.39, 0.29) is 28.9 Å². The molecule has 2 aromatic rings. The Hall–Kier alpha value is -2.05. The molecule has 6 nitrogen and oxygen atoms in total. The Kier molecular flexibility index (Phi) is 2.96. The average molecular weight is 292 g/mol. The Morgan fingerprint density at radius 1 is 1.38 bits per heavy atom. The second-order valence-electron chi connectivity index (χ2n) is 5.74. The van der Waals surface area contributed by atoms with Gasteiger partial charge in [0, 0.05) is 24.1 Å². The molecule has 0 aliphatic carbocycles. The lowest BCUT2D eigenvalue weighted by molar-refractivity contribution is -0.0415. The smallest absolute Gasteiger partial charge is 0.196 e. The first kappa shape index (κ1) is 13.9. The first-order valence-electron chi connectivity index (χ1n) is 6.63. The quantitative estimate of drug-likeness (QED) is 0.727. The van der Waals surface area contributed by atoms with E-state index in [1.807, 2.05) is 0 Å². The first-order chi connectivity index (χ1) is 9.83. The number of hydrogen-bond donors (Lipinski definition) is 3. The Bertz CT molecular complexity index is 774. The molecule has 0 saturated heterocycles. The number of hydrogen-bond acceptors (Lipinski definition) is 6. The van der Waals surface area contributed by atoms with Crippen molar-refractivity contribution in [3.8, 4) is 11.5 Å². The van der Waals surface area contributed by atoms with E-state index in [1.165, 1.54) is 6.07 Å². The molecule has 0 bridgehead atoms. The fraction of sp³-hybridized carbons (Fsp3) is 0.400. The highest BCUT2D eigenvalue weighted by molar-refractivity contribution is 5.87. The van der Waals surface area contributed by atoms with Crippen LogP contribution in [0.1, 0.15) is 25.2 Å². The summed E-state index contributed by atoms with van der Waals surface area (Å²) in [4.78, 5) is 12.0. The zero-order valence-corrected chi connectivity index (χ0v) is 11.7. The minimum atomic E-state index is -0.804. The molecule has 1 aliphatic rings. The van der Waals surface area contributed by atoms with E-state index in [2.05, 4.69) is 0 Å². The fourth-order valence-electron chi connectivity index (χ4n) is 2.53. The highest BCUT2D eigenvalue weighted by atomic mass is 16.5. The molecule has 1 aliphatic heterocycles. The molecule has 2 heterocycles. The monoisotopic (exact) mass is 292 g/mol. The van der Waals surface area contributed by atoms with Crippen molar-refractivity contribution >= 4 is 11.0 Å². The average Bonchev–Trinajstić information content (AvgIpc) is 2.40. The van der Waals surface area contributed by atoms with Crippen LogP contribution in [0, 0.1) is 0 Å². The minimum Gasteiger partial charge on any atom is -0.507 e. The second-order valence-corrected chi connectivity index (χ2v) is 5.74. The molecule has 0 saturated carbocycles. The molecule has 0 spiro atoms. The van der Waals surface area contributed by atoms with Crippen LogP contribution in [0.4, 0.5) is 0 Å². The molecule has 21 heavy (non-hydrogen) atoms. The van der Waals surface area contributed by atoms with Gasteiger partial charge in [-0.3, -0.25) is 4.79 Å². The zero-order valence-electron chi connectivity index (χ0n) is 11.7. The van der Waals surface area contributed by atoms with Crippen molar-refractivity contribution in [3.63, 3.8) is 0 Å². The van der Waals surface area contributed by atoms with Crippen molar-refractivity contribution in [2.75, 3.05) is 0 Å². The van der Waals surface area contributed by atoms with Gasteiger partial charge >= 0.3 is 0 Å². The van der Waals surface area contributed by atoms with Crippen LogP contribution in [-0.2, 0) is 13.0 Å². The van der Waals surface area contributed by atoms with Crippen LogP contribution < -0.4 is 10.2 Å². The van der Waals surface area contributed by atoms with E-state index in [9.17, 15) is 15.0 Å². The summed E-state index contributed by atoms with van der Waals surface area (Å²) in [7, 11) is 0. The molecule has 1 unspecified atom stereocenters. The Morgan fingerprint density at radius 3 is 2.76 bits per heavy atom. The van der Waals surface area contributed by atoms with E-state index in [1.54, 1.807) is 13.8 Å². The summed E-state index contributed by atoms with van der Waals surface area (Å²) >= 11 is 0. The van der Waals surface area contributed by atoms with Gasteiger partial charge in [-0.05, 0) is 13.8 Å². The van der Waals surface area contributed by atoms with Crippen molar-refractivity contribution < 1.29 is 24.5 Å². The van der Waals surface area contributed by atoms with Crippen molar-refractivity contribution in [2.24, 2.45) is 0 Å². The van der Waals surface area contributed by atoms with Crippen molar-refractivity contribution in [2.45, 2.75) is 38.6 Å². The van der Waals surface area contributed by atoms with Gasteiger partial charge in [-0.2, -0.15) is 0 Å². The molecule has 3 N–H and O–H groups in total. The third-order valence-electron chi connectivity index (χ3n) is 3.84. The van der Waals surface area contributed by atoms with E-state index in [4.69, 9.17) is 14.3 Å². The number of aromatic hydroxyl groups is 1. The van der Waals surface area contributed by atoms with Gasteiger partial charge in [-0.1, -0.05) is 0 Å². The van der Waals surface area contributed by atoms with Gasteiger partial charge in [0.2, 0.25) is 0 Å². The zero-order chi connectivity index (χ0) is 15.4.